The Morgan fingerprint density at radius 1 is 1.09 bits per heavy atom. The lowest BCUT2D eigenvalue weighted by molar-refractivity contribution is 0.237. The van der Waals surface area contributed by atoms with Crippen LogP contribution in [0, 0.1) is 6.92 Å². The molecule has 1 aromatic heterocycles. The van der Waals surface area contributed by atoms with Crippen molar-refractivity contribution in [2.24, 2.45) is 0 Å². The first-order chi connectivity index (χ1) is 10.8. The highest BCUT2D eigenvalue weighted by Crippen LogP contribution is 2.19. The number of hydrogen-bond donors (Lipinski definition) is 0. The van der Waals surface area contributed by atoms with Gasteiger partial charge in [-0.2, -0.15) is 0 Å². The van der Waals surface area contributed by atoms with Crippen LogP contribution in [-0.2, 0) is 6.61 Å². The van der Waals surface area contributed by atoms with Crippen LogP contribution in [0.25, 0.3) is 0 Å². The third-order valence-electron chi connectivity index (χ3n) is 3.75. The van der Waals surface area contributed by atoms with Crippen LogP contribution in [0.15, 0.2) is 29.6 Å². The number of rotatable bonds is 7. The molecule has 0 amide bonds. The highest BCUT2D eigenvalue weighted by Gasteiger charge is 2.10. The summed E-state index contributed by atoms with van der Waals surface area (Å²) in [6, 6.07) is 7.83. The summed E-state index contributed by atoms with van der Waals surface area (Å²) in [6.45, 7) is 6.71. The Morgan fingerprint density at radius 3 is 2.41 bits per heavy atom. The molecule has 0 unspecified atom stereocenters. The molecular formula is C17H22N2O2S. The number of benzene rings is 1. The molecule has 1 aliphatic heterocycles. The van der Waals surface area contributed by atoms with Crippen molar-refractivity contribution in [1.29, 1.82) is 0 Å². The molecule has 1 aromatic carbocycles. The van der Waals surface area contributed by atoms with Crippen LogP contribution in [-0.4, -0.2) is 36.1 Å². The molecule has 1 fully saturated rings. The van der Waals surface area contributed by atoms with Gasteiger partial charge in [0.15, 0.2) is 0 Å². The molecule has 3 rings (SSSR count). The smallest absolute Gasteiger partial charge is 0.131 e. The van der Waals surface area contributed by atoms with Crippen molar-refractivity contribution < 1.29 is 9.47 Å². The number of nitrogens with zero attached hydrogens (tertiary/aromatic N) is 2. The van der Waals surface area contributed by atoms with Crippen molar-refractivity contribution >= 4 is 11.3 Å². The van der Waals surface area contributed by atoms with Crippen LogP contribution >= 0.6 is 11.3 Å². The monoisotopic (exact) mass is 318 g/mol. The molecule has 0 aliphatic carbocycles. The number of ether oxygens (including phenoxy) is 2. The number of likely N-dealkylation sites (tertiary alicyclic amines) is 1. The second kappa shape index (κ2) is 7.61. The van der Waals surface area contributed by atoms with Gasteiger partial charge < -0.3 is 9.47 Å². The maximum atomic E-state index is 5.78. The lowest BCUT2D eigenvalue weighted by Crippen LogP contribution is -2.25. The number of hydrogen-bond acceptors (Lipinski definition) is 5. The van der Waals surface area contributed by atoms with E-state index in [1.165, 1.54) is 25.9 Å². The number of thiazole rings is 1. The van der Waals surface area contributed by atoms with Gasteiger partial charge in [-0.3, -0.25) is 4.90 Å². The van der Waals surface area contributed by atoms with Crippen LogP contribution in [0.5, 0.6) is 11.5 Å². The van der Waals surface area contributed by atoms with Gasteiger partial charge in [0.25, 0.3) is 0 Å². The molecule has 0 radical (unpaired) electrons. The fraction of sp³-hybridized carbons (Fsp3) is 0.471. The van der Waals surface area contributed by atoms with Crippen LogP contribution < -0.4 is 9.47 Å². The summed E-state index contributed by atoms with van der Waals surface area (Å²) >= 11 is 1.65. The normalized spacial score (nSPS) is 15.1. The first-order valence-corrected chi connectivity index (χ1v) is 8.66. The van der Waals surface area contributed by atoms with Gasteiger partial charge in [0.1, 0.15) is 24.7 Å². The van der Waals surface area contributed by atoms with Crippen molar-refractivity contribution in [1.82, 2.24) is 9.88 Å². The van der Waals surface area contributed by atoms with Crippen molar-refractivity contribution in [3.05, 3.63) is 40.3 Å². The Balaban J connectivity index is 1.41. The number of aryl methyl sites for hydroxylation is 1. The van der Waals surface area contributed by atoms with Gasteiger partial charge in [0.2, 0.25) is 0 Å². The van der Waals surface area contributed by atoms with Gasteiger partial charge in [0, 0.05) is 11.9 Å². The van der Waals surface area contributed by atoms with E-state index >= 15 is 0 Å². The molecule has 2 aromatic rings. The standard InChI is InChI=1S/C17H22N2O2S/c1-14-18-15(13-22-14)12-21-17-6-4-16(5-7-17)20-11-10-19-8-2-3-9-19/h4-7,13H,2-3,8-12H2,1H3. The van der Waals surface area contributed by atoms with Crippen LogP contribution in [0.2, 0.25) is 0 Å². The van der Waals surface area contributed by atoms with Gasteiger partial charge in [0.05, 0.1) is 10.7 Å². The van der Waals surface area contributed by atoms with E-state index in [0.29, 0.717) is 6.61 Å². The number of aromatic nitrogens is 1. The molecule has 0 bridgehead atoms. The molecule has 118 valence electrons. The minimum atomic E-state index is 0.513. The second-order valence-electron chi connectivity index (χ2n) is 5.52. The fourth-order valence-electron chi connectivity index (χ4n) is 2.56. The van der Waals surface area contributed by atoms with Gasteiger partial charge in [-0.1, -0.05) is 0 Å². The van der Waals surface area contributed by atoms with Crippen molar-refractivity contribution in [3.63, 3.8) is 0 Å². The minimum absolute atomic E-state index is 0.513. The first kappa shape index (κ1) is 15.3. The maximum absolute atomic E-state index is 5.78. The summed E-state index contributed by atoms with van der Waals surface area (Å²) in [6.07, 6.45) is 2.65. The van der Waals surface area contributed by atoms with Gasteiger partial charge in [-0.15, -0.1) is 11.3 Å². The third-order valence-corrected chi connectivity index (χ3v) is 4.57. The molecule has 0 N–H and O–H groups in total. The lowest BCUT2D eigenvalue weighted by Gasteiger charge is -2.15. The van der Waals surface area contributed by atoms with Gasteiger partial charge in [-0.25, -0.2) is 4.98 Å². The average Bonchev–Trinajstić information content (AvgIpc) is 3.18. The molecule has 1 saturated heterocycles. The van der Waals surface area contributed by atoms with E-state index in [9.17, 15) is 0 Å². The predicted octanol–water partition coefficient (Wildman–Crippen LogP) is 3.51. The van der Waals surface area contributed by atoms with Crippen molar-refractivity contribution in [3.8, 4) is 11.5 Å². The molecule has 0 spiro atoms. The summed E-state index contributed by atoms with van der Waals surface area (Å²) in [5.41, 5.74) is 0.980. The Kier molecular flexibility index (Phi) is 5.29. The first-order valence-electron chi connectivity index (χ1n) is 7.78. The van der Waals surface area contributed by atoms with E-state index < -0.39 is 0 Å². The lowest BCUT2D eigenvalue weighted by atomic mass is 10.3. The summed E-state index contributed by atoms with van der Waals surface area (Å²) < 4.78 is 11.5. The average molecular weight is 318 g/mol. The largest absolute Gasteiger partial charge is 0.492 e. The minimum Gasteiger partial charge on any atom is -0.492 e. The molecule has 1 aliphatic rings. The van der Waals surface area contributed by atoms with E-state index in [-0.39, 0.29) is 0 Å². The molecule has 0 atom stereocenters. The summed E-state index contributed by atoms with van der Waals surface area (Å²) in [4.78, 5) is 6.84. The van der Waals surface area contributed by atoms with E-state index in [2.05, 4.69) is 9.88 Å². The SMILES string of the molecule is Cc1nc(COc2ccc(OCCN3CCCC3)cc2)cs1. The summed E-state index contributed by atoms with van der Waals surface area (Å²) in [7, 11) is 0. The van der Waals surface area contributed by atoms with Crippen LogP contribution in [0.1, 0.15) is 23.5 Å². The zero-order valence-electron chi connectivity index (χ0n) is 13.0. The topological polar surface area (TPSA) is 34.6 Å². The molecule has 4 nitrogen and oxygen atoms in total. The quantitative estimate of drug-likeness (QED) is 0.782. The summed E-state index contributed by atoms with van der Waals surface area (Å²) in [5.74, 6) is 1.74. The predicted molar refractivity (Wildman–Crippen MR) is 88.8 cm³/mol. The van der Waals surface area contributed by atoms with Crippen LogP contribution in [0.3, 0.4) is 0 Å². The zero-order valence-corrected chi connectivity index (χ0v) is 13.8. The Morgan fingerprint density at radius 2 is 1.77 bits per heavy atom. The van der Waals surface area contributed by atoms with Crippen molar-refractivity contribution in [2.45, 2.75) is 26.4 Å². The van der Waals surface area contributed by atoms with Gasteiger partial charge >= 0.3 is 0 Å². The second-order valence-corrected chi connectivity index (χ2v) is 6.58. The summed E-state index contributed by atoms with van der Waals surface area (Å²) in [5, 5.41) is 3.10. The molecule has 5 heteroatoms. The van der Waals surface area contributed by atoms with Crippen LogP contribution in [0.4, 0.5) is 0 Å². The zero-order chi connectivity index (χ0) is 15.2. The third kappa shape index (κ3) is 4.45. The molecule has 22 heavy (non-hydrogen) atoms. The molecular weight excluding hydrogens is 296 g/mol. The highest BCUT2D eigenvalue weighted by molar-refractivity contribution is 7.09. The van der Waals surface area contributed by atoms with Gasteiger partial charge in [-0.05, 0) is 57.1 Å². The molecule has 0 saturated carbocycles. The highest BCUT2D eigenvalue weighted by atomic mass is 32.1. The molecule has 2 heterocycles. The Bertz CT molecular complexity index is 577. The Labute approximate surface area is 135 Å². The van der Waals surface area contributed by atoms with E-state index in [1.807, 2.05) is 36.6 Å². The van der Waals surface area contributed by atoms with E-state index in [4.69, 9.17) is 9.47 Å². The van der Waals surface area contributed by atoms with Crippen molar-refractivity contribution in [2.75, 3.05) is 26.2 Å². The fourth-order valence-corrected chi connectivity index (χ4v) is 3.16. The van der Waals surface area contributed by atoms with E-state index in [1.54, 1.807) is 11.3 Å². The maximum Gasteiger partial charge on any atom is 0.131 e. The Hall–Kier alpha value is -1.59. The van der Waals surface area contributed by atoms with E-state index in [0.717, 1.165) is 35.4 Å².